The first-order chi connectivity index (χ1) is 10.6. The van der Waals surface area contributed by atoms with Gasteiger partial charge in [0.1, 0.15) is 0 Å². The molecule has 1 fully saturated rings. The molecule has 0 aliphatic heterocycles. The van der Waals surface area contributed by atoms with Crippen LogP contribution in [-0.2, 0) is 11.2 Å². The second-order valence-electron chi connectivity index (χ2n) is 7.08. The predicted octanol–water partition coefficient (Wildman–Crippen LogP) is 2.37. The van der Waals surface area contributed by atoms with Crippen molar-refractivity contribution in [3.05, 3.63) is 17.5 Å². The number of aromatic nitrogens is 2. The number of carbonyl (C=O) groups excluding carboxylic acids is 1. The molecule has 1 aromatic heterocycles. The number of nitrogens with zero attached hydrogens (tertiary/aromatic N) is 2. The number of hydrogen-bond donors (Lipinski definition) is 2. The van der Waals surface area contributed by atoms with Crippen molar-refractivity contribution in [2.24, 2.45) is 0 Å². The van der Waals surface area contributed by atoms with Crippen LogP contribution in [0.4, 0.5) is 0 Å². The first-order valence-electron chi connectivity index (χ1n) is 8.59. The van der Waals surface area contributed by atoms with Gasteiger partial charge < -0.3 is 10.0 Å². The quantitative estimate of drug-likeness (QED) is 0.842. The third kappa shape index (κ3) is 3.19. The van der Waals surface area contributed by atoms with E-state index in [1.165, 1.54) is 12.8 Å². The highest BCUT2D eigenvalue weighted by Crippen LogP contribution is 2.33. The number of rotatable bonds is 3. The van der Waals surface area contributed by atoms with Crippen molar-refractivity contribution in [1.29, 1.82) is 0 Å². The van der Waals surface area contributed by atoms with E-state index in [-0.39, 0.29) is 11.8 Å². The number of H-pyrrole nitrogens is 1. The van der Waals surface area contributed by atoms with Crippen molar-refractivity contribution in [3.63, 3.8) is 0 Å². The van der Waals surface area contributed by atoms with E-state index in [1.807, 2.05) is 7.05 Å². The fourth-order valence-electron chi connectivity index (χ4n) is 4.05. The third-order valence-corrected chi connectivity index (χ3v) is 5.29. The van der Waals surface area contributed by atoms with Gasteiger partial charge in [0.05, 0.1) is 17.7 Å². The lowest BCUT2D eigenvalue weighted by atomic mass is 9.85. The lowest BCUT2D eigenvalue weighted by molar-refractivity contribution is -0.135. The van der Waals surface area contributed by atoms with Gasteiger partial charge in [-0.1, -0.05) is 25.7 Å². The molecule has 22 heavy (non-hydrogen) atoms. The molecule has 5 heteroatoms. The predicted molar refractivity (Wildman–Crippen MR) is 84.6 cm³/mol. The number of carbonyl (C=O) groups is 1. The maximum atomic E-state index is 12.8. The molecule has 0 spiro atoms. The molecule has 2 aliphatic rings. The van der Waals surface area contributed by atoms with E-state index in [2.05, 4.69) is 10.2 Å². The largest absolute Gasteiger partial charge is 0.388 e. The highest BCUT2D eigenvalue weighted by atomic mass is 16.3. The summed E-state index contributed by atoms with van der Waals surface area (Å²) in [7, 11) is 1.83. The summed E-state index contributed by atoms with van der Waals surface area (Å²) < 4.78 is 0. The van der Waals surface area contributed by atoms with Crippen LogP contribution in [0, 0.1) is 0 Å². The molecular formula is C17H27N3O2. The molecule has 122 valence electrons. The minimum Gasteiger partial charge on any atom is -0.388 e. The van der Waals surface area contributed by atoms with Crippen LogP contribution in [0.25, 0.3) is 0 Å². The van der Waals surface area contributed by atoms with E-state index in [4.69, 9.17) is 0 Å². The molecule has 1 unspecified atom stereocenters. The number of nitrogens with one attached hydrogen (secondary N) is 1. The number of hydrogen-bond acceptors (Lipinski definition) is 3. The molecule has 0 radical (unpaired) electrons. The zero-order valence-electron chi connectivity index (χ0n) is 13.5. The van der Waals surface area contributed by atoms with Crippen LogP contribution in [0.2, 0.25) is 0 Å². The summed E-state index contributed by atoms with van der Waals surface area (Å²) in [5.41, 5.74) is 1.46. The van der Waals surface area contributed by atoms with Crippen molar-refractivity contribution < 1.29 is 9.90 Å². The first-order valence-corrected chi connectivity index (χ1v) is 8.59. The van der Waals surface area contributed by atoms with Gasteiger partial charge in [-0.25, -0.2) is 0 Å². The van der Waals surface area contributed by atoms with Crippen LogP contribution in [0.3, 0.4) is 0 Å². The van der Waals surface area contributed by atoms with Crippen molar-refractivity contribution >= 4 is 5.91 Å². The van der Waals surface area contributed by atoms with Gasteiger partial charge in [-0.3, -0.25) is 9.89 Å². The molecule has 3 rings (SSSR count). The Morgan fingerprint density at radius 1 is 1.36 bits per heavy atom. The number of likely N-dealkylation sites (N-methyl/N-ethyl adjacent to an activating group) is 1. The van der Waals surface area contributed by atoms with Gasteiger partial charge in [0, 0.05) is 24.8 Å². The lowest BCUT2D eigenvalue weighted by Gasteiger charge is -2.34. The van der Waals surface area contributed by atoms with Crippen LogP contribution in [0.15, 0.2) is 6.20 Å². The molecule has 0 bridgehead atoms. The molecule has 1 saturated carbocycles. The fraction of sp³-hybridized carbons (Fsp3) is 0.765. The van der Waals surface area contributed by atoms with Gasteiger partial charge in [0.15, 0.2) is 0 Å². The summed E-state index contributed by atoms with van der Waals surface area (Å²) in [4.78, 5) is 14.6. The minimum absolute atomic E-state index is 0.0955. The highest BCUT2D eigenvalue weighted by molar-refractivity contribution is 5.84. The summed E-state index contributed by atoms with van der Waals surface area (Å²) in [5, 5.41) is 17.9. The SMILES string of the molecule is CN(CC1(O)CCCCCC1)C(=O)C1CCCc2[nH]ncc21. The zero-order chi connectivity index (χ0) is 15.6. The minimum atomic E-state index is -0.700. The lowest BCUT2D eigenvalue weighted by Crippen LogP contribution is -2.45. The van der Waals surface area contributed by atoms with E-state index in [9.17, 15) is 9.90 Å². The Hall–Kier alpha value is -1.36. The number of amides is 1. The van der Waals surface area contributed by atoms with Crippen molar-refractivity contribution in [3.8, 4) is 0 Å². The van der Waals surface area contributed by atoms with Crippen molar-refractivity contribution in [2.45, 2.75) is 69.3 Å². The van der Waals surface area contributed by atoms with Gasteiger partial charge in [-0.05, 0) is 32.1 Å². The van der Waals surface area contributed by atoms with Gasteiger partial charge >= 0.3 is 0 Å². The van der Waals surface area contributed by atoms with Crippen LogP contribution in [0.1, 0.15) is 68.5 Å². The Labute approximate surface area is 132 Å². The summed E-state index contributed by atoms with van der Waals surface area (Å²) in [6.07, 6.45) is 10.8. The Balaban J connectivity index is 1.67. The molecule has 1 atom stereocenters. The maximum absolute atomic E-state index is 12.8. The molecule has 1 amide bonds. The van der Waals surface area contributed by atoms with Gasteiger partial charge in [-0.15, -0.1) is 0 Å². The van der Waals surface area contributed by atoms with Gasteiger partial charge in [0.2, 0.25) is 5.91 Å². The smallest absolute Gasteiger partial charge is 0.230 e. The standard InChI is InChI=1S/C17H27N3O2/c1-20(12-17(22)9-4-2-3-5-10-17)16(21)13-7-6-8-15-14(13)11-18-19-15/h11,13,22H,2-10,12H2,1H3,(H,18,19). The number of aromatic amines is 1. The van der Waals surface area contributed by atoms with E-state index < -0.39 is 5.60 Å². The second kappa shape index (κ2) is 6.41. The Morgan fingerprint density at radius 2 is 2.09 bits per heavy atom. The van der Waals surface area contributed by atoms with E-state index in [0.717, 1.165) is 56.2 Å². The molecule has 0 aromatic carbocycles. The number of aliphatic hydroxyl groups is 1. The summed E-state index contributed by atoms with van der Waals surface area (Å²) in [6, 6.07) is 0. The average Bonchev–Trinajstić information content (AvgIpc) is 2.89. The van der Waals surface area contributed by atoms with Crippen LogP contribution in [-0.4, -0.2) is 45.3 Å². The third-order valence-electron chi connectivity index (χ3n) is 5.29. The highest BCUT2D eigenvalue weighted by Gasteiger charge is 2.35. The van der Waals surface area contributed by atoms with Gasteiger partial charge in [-0.2, -0.15) is 5.10 Å². The Kier molecular flexibility index (Phi) is 4.52. The number of fused-ring (bicyclic) bond motifs is 1. The normalized spacial score (nSPS) is 24.4. The Morgan fingerprint density at radius 3 is 2.82 bits per heavy atom. The molecule has 0 saturated heterocycles. The topological polar surface area (TPSA) is 69.2 Å². The fourth-order valence-corrected chi connectivity index (χ4v) is 4.05. The maximum Gasteiger partial charge on any atom is 0.230 e. The molecule has 5 nitrogen and oxygen atoms in total. The zero-order valence-corrected chi connectivity index (χ0v) is 13.5. The number of aryl methyl sites for hydroxylation is 1. The Bertz CT molecular complexity index is 518. The van der Waals surface area contributed by atoms with Crippen molar-refractivity contribution in [2.75, 3.05) is 13.6 Å². The van der Waals surface area contributed by atoms with E-state index in [1.54, 1.807) is 11.1 Å². The van der Waals surface area contributed by atoms with E-state index in [0.29, 0.717) is 6.54 Å². The van der Waals surface area contributed by atoms with Gasteiger partial charge in [0.25, 0.3) is 0 Å². The molecular weight excluding hydrogens is 278 g/mol. The summed E-state index contributed by atoms with van der Waals surface area (Å²) >= 11 is 0. The monoisotopic (exact) mass is 305 g/mol. The first kappa shape index (κ1) is 15.5. The van der Waals surface area contributed by atoms with Crippen LogP contribution >= 0.6 is 0 Å². The van der Waals surface area contributed by atoms with E-state index >= 15 is 0 Å². The van der Waals surface area contributed by atoms with Crippen molar-refractivity contribution in [1.82, 2.24) is 15.1 Å². The molecule has 1 heterocycles. The molecule has 2 N–H and O–H groups in total. The van der Waals surface area contributed by atoms with Crippen LogP contribution < -0.4 is 0 Å². The second-order valence-corrected chi connectivity index (χ2v) is 7.08. The molecule has 2 aliphatic carbocycles. The summed E-state index contributed by atoms with van der Waals surface area (Å²) in [5.74, 6) is 0.0295. The summed E-state index contributed by atoms with van der Waals surface area (Å²) in [6.45, 7) is 0.454. The average molecular weight is 305 g/mol. The molecule has 1 aromatic rings. The van der Waals surface area contributed by atoms with Crippen LogP contribution in [0.5, 0.6) is 0 Å².